The summed E-state index contributed by atoms with van der Waals surface area (Å²) in [7, 11) is 0. The maximum absolute atomic E-state index is 5.31. The summed E-state index contributed by atoms with van der Waals surface area (Å²) in [5.74, 6) is 2.63. The van der Waals surface area contributed by atoms with Crippen LogP contribution in [0.2, 0.25) is 0 Å². The fourth-order valence-electron chi connectivity index (χ4n) is 1.71. The highest BCUT2D eigenvalue weighted by Gasteiger charge is 2.07. The van der Waals surface area contributed by atoms with Crippen LogP contribution < -0.4 is 0 Å². The molecule has 0 aliphatic heterocycles. The van der Waals surface area contributed by atoms with Crippen molar-refractivity contribution in [3.8, 4) is 22.9 Å². The number of nitrogens with zero attached hydrogens (tertiary/aromatic N) is 3. The summed E-state index contributed by atoms with van der Waals surface area (Å²) in [6.45, 7) is 0.575. The minimum Gasteiger partial charge on any atom is -0.320 e. The molecule has 0 amide bonds. The molecule has 0 spiro atoms. The van der Waals surface area contributed by atoms with Gasteiger partial charge < -0.3 is 4.57 Å². The molecule has 4 heteroatoms. The first kappa shape index (κ1) is 9.25. The van der Waals surface area contributed by atoms with E-state index in [1.165, 1.54) is 4.88 Å². The van der Waals surface area contributed by atoms with Gasteiger partial charge in [0.2, 0.25) is 0 Å². The van der Waals surface area contributed by atoms with Crippen LogP contribution in [-0.2, 0) is 6.54 Å². The van der Waals surface area contributed by atoms with Crippen molar-refractivity contribution < 1.29 is 0 Å². The monoisotopic (exact) mass is 227 g/mol. The summed E-state index contributed by atoms with van der Waals surface area (Å²) in [5, 5.41) is 6.55. The van der Waals surface area contributed by atoms with E-state index < -0.39 is 0 Å². The molecule has 0 aliphatic carbocycles. The van der Waals surface area contributed by atoms with Gasteiger partial charge in [0.25, 0.3) is 0 Å². The molecule has 0 atom stereocenters. The Morgan fingerprint density at radius 2 is 2.38 bits per heavy atom. The lowest BCUT2D eigenvalue weighted by Gasteiger charge is -1.93. The van der Waals surface area contributed by atoms with Crippen molar-refractivity contribution in [2.45, 2.75) is 6.54 Å². The maximum atomic E-state index is 5.31. The van der Waals surface area contributed by atoms with Crippen molar-refractivity contribution in [2.24, 2.45) is 0 Å². The number of imidazole rings is 1. The average molecular weight is 227 g/mol. The molecule has 3 aromatic rings. The second kappa shape index (κ2) is 3.54. The van der Waals surface area contributed by atoms with Gasteiger partial charge in [0.15, 0.2) is 0 Å². The van der Waals surface area contributed by atoms with E-state index in [0.717, 1.165) is 11.3 Å². The molecule has 0 saturated carbocycles. The highest BCUT2D eigenvalue weighted by atomic mass is 32.1. The first-order chi connectivity index (χ1) is 7.88. The smallest absolute Gasteiger partial charge is 0.137 e. The quantitative estimate of drug-likeness (QED) is 0.617. The molecule has 0 radical (unpaired) electrons. The number of terminal acetylenes is 1. The van der Waals surface area contributed by atoms with E-state index in [4.69, 9.17) is 6.42 Å². The minimum atomic E-state index is 0.575. The highest BCUT2D eigenvalue weighted by Crippen LogP contribution is 2.24. The van der Waals surface area contributed by atoms with E-state index in [-0.39, 0.29) is 0 Å². The molecule has 0 saturated heterocycles. The second-order valence-electron chi connectivity index (χ2n) is 3.44. The number of aromatic nitrogens is 3. The van der Waals surface area contributed by atoms with E-state index in [0.29, 0.717) is 6.54 Å². The summed E-state index contributed by atoms with van der Waals surface area (Å²) in [6.07, 6.45) is 9.18. The molecule has 3 rings (SSSR count). The normalized spacial score (nSPS) is 10.7. The zero-order valence-electron chi connectivity index (χ0n) is 8.50. The molecular formula is C12H9N3S. The Balaban J connectivity index is 2.14. The van der Waals surface area contributed by atoms with Gasteiger partial charge in [-0.25, -0.2) is 4.52 Å². The summed E-state index contributed by atoms with van der Waals surface area (Å²) >= 11 is 1.69. The SMILES string of the molecule is C#CCn1ccn2nc(-c3cccs3)cc12. The van der Waals surface area contributed by atoms with E-state index >= 15 is 0 Å². The van der Waals surface area contributed by atoms with Gasteiger partial charge in [0, 0.05) is 18.5 Å². The number of hydrogen-bond acceptors (Lipinski definition) is 2. The Hall–Kier alpha value is -1.99. The number of fused-ring (bicyclic) bond motifs is 1. The van der Waals surface area contributed by atoms with E-state index in [2.05, 4.69) is 28.5 Å². The molecular weight excluding hydrogens is 218 g/mol. The first-order valence-corrected chi connectivity index (χ1v) is 5.78. The Kier molecular flexibility index (Phi) is 2.05. The van der Waals surface area contributed by atoms with Gasteiger partial charge >= 0.3 is 0 Å². The summed E-state index contributed by atoms with van der Waals surface area (Å²) < 4.78 is 3.86. The van der Waals surface area contributed by atoms with E-state index in [9.17, 15) is 0 Å². The van der Waals surface area contributed by atoms with Crippen molar-refractivity contribution in [1.29, 1.82) is 0 Å². The maximum Gasteiger partial charge on any atom is 0.137 e. The fraction of sp³-hybridized carbons (Fsp3) is 0.0833. The second-order valence-corrected chi connectivity index (χ2v) is 4.39. The van der Waals surface area contributed by atoms with Crippen molar-refractivity contribution in [1.82, 2.24) is 14.2 Å². The van der Waals surface area contributed by atoms with Crippen LogP contribution in [0.5, 0.6) is 0 Å². The molecule has 78 valence electrons. The lowest BCUT2D eigenvalue weighted by Crippen LogP contribution is -1.92. The van der Waals surface area contributed by atoms with Gasteiger partial charge in [0.1, 0.15) is 11.3 Å². The van der Waals surface area contributed by atoms with Gasteiger partial charge in [-0.3, -0.25) is 0 Å². The van der Waals surface area contributed by atoms with Crippen molar-refractivity contribution in [2.75, 3.05) is 0 Å². The van der Waals surface area contributed by atoms with Gasteiger partial charge in [-0.2, -0.15) is 5.10 Å². The third-order valence-electron chi connectivity index (χ3n) is 2.43. The zero-order chi connectivity index (χ0) is 11.0. The minimum absolute atomic E-state index is 0.575. The van der Waals surface area contributed by atoms with Crippen molar-refractivity contribution >= 4 is 17.0 Å². The van der Waals surface area contributed by atoms with Crippen LogP contribution in [0.25, 0.3) is 16.2 Å². The van der Waals surface area contributed by atoms with Crippen LogP contribution in [0, 0.1) is 12.3 Å². The Morgan fingerprint density at radius 1 is 1.44 bits per heavy atom. The predicted octanol–water partition coefficient (Wildman–Crippen LogP) is 2.50. The predicted molar refractivity (Wildman–Crippen MR) is 65.3 cm³/mol. The summed E-state index contributed by atoms with van der Waals surface area (Å²) in [4.78, 5) is 1.18. The topological polar surface area (TPSA) is 22.2 Å². The van der Waals surface area contributed by atoms with Gasteiger partial charge in [-0.1, -0.05) is 12.0 Å². The highest BCUT2D eigenvalue weighted by molar-refractivity contribution is 7.13. The molecule has 0 aliphatic rings. The van der Waals surface area contributed by atoms with E-state index in [1.54, 1.807) is 11.3 Å². The average Bonchev–Trinajstić information content (AvgIpc) is 2.93. The molecule has 0 bridgehead atoms. The van der Waals surface area contributed by atoms with Crippen LogP contribution in [-0.4, -0.2) is 14.2 Å². The lowest BCUT2D eigenvalue weighted by molar-refractivity contribution is 0.869. The fourth-order valence-corrected chi connectivity index (χ4v) is 2.39. The number of rotatable bonds is 2. The van der Waals surface area contributed by atoms with Crippen molar-refractivity contribution in [3.05, 3.63) is 36.0 Å². The van der Waals surface area contributed by atoms with Gasteiger partial charge in [0.05, 0.1) is 11.4 Å². The standard InChI is InChI=1S/C12H9N3S/c1-2-5-14-6-7-15-12(14)9-10(13-15)11-4-3-8-16-11/h1,3-4,6-9H,5H2. The van der Waals surface area contributed by atoms with Crippen LogP contribution in [0.1, 0.15) is 0 Å². The van der Waals surface area contributed by atoms with Crippen LogP contribution >= 0.6 is 11.3 Å². The molecule has 3 aromatic heterocycles. The Bertz CT molecular complexity index is 652. The zero-order valence-corrected chi connectivity index (χ0v) is 9.31. The van der Waals surface area contributed by atoms with Gasteiger partial charge in [-0.05, 0) is 11.4 Å². The van der Waals surface area contributed by atoms with Crippen LogP contribution in [0.3, 0.4) is 0 Å². The Morgan fingerprint density at radius 3 is 3.12 bits per heavy atom. The third-order valence-corrected chi connectivity index (χ3v) is 3.33. The molecule has 0 fully saturated rings. The molecule has 0 N–H and O–H groups in total. The van der Waals surface area contributed by atoms with Crippen LogP contribution in [0.4, 0.5) is 0 Å². The Labute approximate surface area is 96.9 Å². The molecule has 3 heterocycles. The largest absolute Gasteiger partial charge is 0.320 e. The molecule has 3 nitrogen and oxygen atoms in total. The van der Waals surface area contributed by atoms with Gasteiger partial charge in [-0.15, -0.1) is 17.8 Å². The first-order valence-electron chi connectivity index (χ1n) is 4.90. The lowest BCUT2D eigenvalue weighted by atomic mass is 10.3. The number of thiophene rings is 1. The molecule has 0 aromatic carbocycles. The summed E-state index contributed by atoms with van der Waals surface area (Å²) in [6, 6.07) is 6.15. The number of hydrogen-bond donors (Lipinski definition) is 0. The molecule has 0 unspecified atom stereocenters. The third kappa shape index (κ3) is 1.34. The summed E-state index contributed by atoms with van der Waals surface area (Å²) in [5.41, 5.74) is 2.03. The van der Waals surface area contributed by atoms with E-state index in [1.807, 2.05) is 27.5 Å². The molecule has 16 heavy (non-hydrogen) atoms. The van der Waals surface area contributed by atoms with Crippen molar-refractivity contribution in [3.63, 3.8) is 0 Å². The van der Waals surface area contributed by atoms with Crippen LogP contribution in [0.15, 0.2) is 36.0 Å².